The van der Waals surface area contributed by atoms with Crippen LogP contribution in [0, 0.1) is 0 Å². The van der Waals surface area contributed by atoms with Crippen molar-refractivity contribution >= 4 is 27.5 Å². The summed E-state index contributed by atoms with van der Waals surface area (Å²) in [5.74, 6) is -0.959. The number of benzene rings is 2. The number of sulfonamides is 1. The Balaban J connectivity index is 0.00000146. The maximum atomic E-state index is 12.1. The Kier molecular flexibility index (Phi) is 10.6. The Morgan fingerprint density at radius 3 is 1.77 bits per heavy atom. The summed E-state index contributed by atoms with van der Waals surface area (Å²) < 4.78 is 26.3. The van der Waals surface area contributed by atoms with Gasteiger partial charge in [0.2, 0.25) is 5.91 Å². The van der Waals surface area contributed by atoms with E-state index in [1.165, 1.54) is 43.3 Å². The molecule has 0 aromatic heterocycles. The lowest BCUT2D eigenvalue weighted by Crippen LogP contribution is -2.30. The first-order valence-electron chi connectivity index (χ1n) is 8.38. The Hall–Kier alpha value is -2.67. The van der Waals surface area contributed by atoms with E-state index in [1.807, 2.05) is 32.4 Å². The molecular weight excluding hydrogens is 352 g/mol. The molecule has 0 bridgehead atoms. The topological polar surface area (TPSA) is 92.3 Å². The van der Waals surface area contributed by atoms with E-state index in [1.54, 1.807) is 18.2 Å². The lowest BCUT2D eigenvalue weighted by atomic mass is 10.2. The monoisotopic (exact) mass is 378 g/mol. The maximum Gasteiger partial charge on any atom is 0.264 e. The van der Waals surface area contributed by atoms with Crippen LogP contribution in [0.25, 0.3) is 0 Å². The molecule has 26 heavy (non-hydrogen) atoms. The molecule has 0 saturated heterocycles. The highest BCUT2D eigenvalue weighted by Gasteiger charge is 2.18. The van der Waals surface area contributed by atoms with E-state index in [9.17, 15) is 18.0 Å². The van der Waals surface area contributed by atoms with Gasteiger partial charge in [-0.05, 0) is 36.4 Å². The minimum Gasteiger partial charge on any atom is -0.326 e. The molecule has 2 aromatic rings. The number of carbonyl (C=O) groups is 2. The first-order chi connectivity index (χ1) is 12.4. The van der Waals surface area contributed by atoms with Gasteiger partial charge in [0.05, 0.1) is 4.90 Å². The zero-order valence-corrected chi connectivity index (χ0v) is 16.6. The molecule has 6 nitrogen and oxygen atoms in total. The summed E-state index contributed by atoms with van der Waals surface area (Å²) in [4.78, 5) is 22.7. The van der Waals surface area contributed by atoms with Gasteiger partial charge in [-0.15, -0.1) is 0 Å². The molecule has 0 radical (unpaired) electrons. The van der Waals surface area contributed by atoms with Gasteiger partial charge in [0.25, 0.3) is 15.9 Å². The second-order valence-corrected chi connectivity index (χ2v) is 6.19. The predicted molar refractivity (Wildman–Crippen MR) is 105 cm³/mol. The molecule has 0 aliphatic carbocycles. The van der Waals surface area contributed by atoms with Gasteiger partial charge >= 0.3 is 0 Å². The first kappa shape index (κ1) is 23.3. The van der Waals surface area contributed by atoms with Crippen molar-refractivity contribution in [1.29, 1.82) is 0 Å². The molecule has 2 aromatic carbocycles. The van der Waals surface area contributed by atoms with Crippen molar-refractivity contribution < 1.29 is 18.0 Å². The van der Waals surface area contributed by atoms with Crippen LogP contribution in [0.4, 0.5) is 5.69 Å². The first-order valence-corrected chi connectivity index (χ1v) is 9.87. The number of hydrogen-bond acceptors (Lipinski definition) is 4. The molecule has 0 unspecified atom stereocenters. The minimum atomic E-state index is -3.97. The average molecular weight is 378 g/mol. The quantitative estimate of drug-likeness (QED) is 0.846. The molecule has 2 amide bonds. The normalized spacial score (nSPS) is 9.58. The predicted octanol–water partition coefficient (Wildman–Crippen LogP) is 3.82. The highest BCUT2D eigenvalue weighted by Crippen LogP contribution is 2.14. The van der Waals surface area contributed by atoms with Crippen LogP contribution in [0.1, 0.15) is 45.0 Å². The Morgan fingerprint density at radius 2 is 1.31 bits per heavy atom. The van der Waals surface area contributed by atoms with E-state index in [0.29, 0.717) is 5.69 Å². The molecule has 2 N–H and O–H groups in total. The van der Waals surface area contributed by atoms with Crippen molar-refractivity contribution in [3.63, 3.8) is 0 Å². The van der Waals surface area contributed by atoms with Gasteiger partial charge in [0.1, 0.15) is 0 Å². The molecule has 0 aliphatic rings. The van der Waals surface area contributed by atoms with Crippen molar-refractivity contribution in [1.82, 2.24) is 4.72 Å². The number of hydrogen-bond donors (Lipinski definition) is 2. The van der Waals surface area contributed by atoms with E-state index in [-0.39, 0.29) is 16.4 Å². The van der Waals surface area contributed by atoms with E-state index >= 15 is 0 Å². The smallest absolute Gasteiger partial charge is 0.264 e. The van der Waals surface area contributed by atoms with Crippen LogP contribution >= 0.6 is 0 Å². The van der Waals surface area contributed by atoms with Gasteiger partial charge < -0.3 is 5.32 Å². The van der Waals surface area contributed by atoms with Crippen LogP contribution in [0.5, 0.6) is 0 Å². The molecule has 142 valence electrons. The minimum absolute atomic E-state index is 0.0640. The zero-order valence-electron chi connectivity index (χ0n) is 15.7. The van der Waals surface area contributed by atoms with Crippen molar-refractivity contribution in [2.75, 3.05) is 5.32 Å². The third-order valence-electron chi connectivity index (χ3n) is 2.75. The van der Waals surface area contributed by atoms with E-state index in [4.69, 9.17) is 0 Å². The highest BCUT2D eigenvalue weighted by molar-refractivity contribution is 7.90. The zero-order chi connectivity index (χ0) is 20.2. The van der Waals surface area contributed by atoms with Gasteiger partial charge in [-0.3, -0.25) is 9.59 Å². The Morgan fingerprint density at radius 1 is 0.808 bits per heavy atom. The molecule has 0 atom stereocenters. The lowest BCUT2D eigenvalue weighted by Gasteiger charge is -2.08. The summed E-state index contributed by atoms with van der Waals surface area (Å²) in [5, 5.41) is 2.53. The van der Waals surface area contributed by atoms with Crippen molar-refractivity contribution in [3.8, 4) is 0 Å². The highest BCUT2D eigenvalue weighted by atomic mass is 32.2. The second-order valence-electron chi connectivity index (χ2n) is 4.51. The molecule has 2 rings (SSSR count). The lowest BCUT2D eigenvalue weighted by molar-refractivity contribution is -0.114. The van der Waals surface area contributed by atoms with Crippen LogP contribution in [-0.4, -0.2) is 20.2 Å². The summed E-state index contributed by atoms with van der Waals surface area (Å²) in [7, 11) is -3.97. The summed E-state index contributed by atoms with van der Waals surface area (Å²) in [6.45, 7) is 9.35. The Labute approximate surface area is 155 Å². The van der Waals surface area contributed by atoms with Crippen LogP contribution < -0.4 is 10.0 Å². The van der Waals surface area contributed by atoms with Gasteiger partial charge in [-0.25, -0.2) is 13.1 Å². The van der Waals surface area contributed by atoms with Crippen LogP contribution in [-0.2, 0) is 14.8 Å². The van der Waals surface area contributed by atoms with E-state index in [2.05, 4.69) is 5.32 Å². The third-order valence-corrected chi connectivity index (χ3v) is 4.09. The number of carbonyl (C=O) groups excluding carboxylic acids is 2. The van der Waals surface area contributed by atoms with Gasteiger partial charge in [-0.2, -0.15) is 0 Å². The van der Waals surface area contributed by atoms with Crippen LogP contribution in [0.15, 0.2) is 59.5 Å². The summed E-state index contributed by atoms with van der Waals surface area (Å²) in [6.07, 6.45) is 0. The van der Waals surface area contributed by atoms with Gasteiger partial charge in [-0.1, -0.05) is 45.9 Å². The molecule has 0 heterocycles. The molecule has 0 fully saturated rings. The molecule has 0 spiro atoms. The summed E-state index contributed by atoms with van der Waals surface area (Å²) in [5.41, 5.74) is 0.724. The SMILES string of the molecule is CC.CC.CC(=O)Nc1ccc(S(=O)(=O)NC(=O)c2ccccc2)cc1. The van der Waals surface area contributed by atoms with E-state index in [0.717, 1.165) is 0 Å². The van der Waals surface area contributed by atoms with Crippen molar-refractivity contribution in [3.05, 3.63) is 60.2 Å². The number of anilines is 1. The van der Waals surface area contributed by atoms with Crippen molar-refractivity contribution in [2.24, 2.45) is 0 Å². The fourth-order valence-electron chi connectivity index (χ4n) is 1.75. The number of rotatable bonds is 4. The second kappa shape index (κ2) is 11.8. The van der Waals surface area contributed by atoms with E-state index < -0.39 is 15.9 Å². The summed E-state index contributed by atoms with van der Waals surface area (Å²) >= 11 is 0. The molecule has 7 heteroatoms. The molecular formula is C19H26N2O4S. The fourth-order valence-corrected chi connectivity index (χ4v) is 2.72. The maximum absolute atomic E-state index is 12.1. The summed E-state index contributed by atoms with van der Waals surface area (Å²) in [6, 6.07) is 13.6. The average Bonchev–Trinajstić information content (AvgIpc) is 2.65. The third kappa shape index (κ3) is 7.48. The number of nitrogens with one attached hydrogen (secondary N) is 2. The molecule has 0 aliphatic heterocycles. The number of amides is 2. The van der Waals surface area contributed by atoms with Gasteiger partial charge in [0.15, 0.2) is 0 Å². The Bertz CT molecular complexity index is 786. The standard InChI is InChI=1S/C15H14N2O4S.2C2H6/c1-11(18)16-13-7-9-14(10-8-13)22(20,21)17-15(19)12-5-3-2-4-6-12;2*1-2/h2-10H,1H3,(H,16,18)(H,17,19);2*1-2H3. The van der Waals surface area contributed by atoms with Crippen LogP contribution in [0.3, 0.4) is 0 Å². The molecule has 0 saturated carbocycles. The van der Waals surface area contributed by atoms with Crippen molar-refractivity contribution in [2.45, 2.75) is 39.5 Å². The van der Waals surface area contributed by atoms with Gasteiger partial charge in [0, 0.05) is 18.2 Å². The fraction of sp³-hybridized carbons (Fsp3) is 0.263. The van der Waals surface area contributed by atoms with Crippen LogP contribution in [0.2, 0.25) is 0 Å². The largest absolute Gasteiger partial charge is 0.326 e.